The van der Waals surface area contributed by atoms with E-state index in [1.54, 1.807) is 4.90 Å². The van der Waals surface area contributed by atoms with Gasteiger partial charge >= 0.3 is 12.1 Å². The standard InChI is InChI=1S/C30H36N2O6/c1-20(2)19-37-30(35)32-14-12-26(29(33)34)24(18-32)16-22-8-7-11-25(17-22)36-15-13-27-21(3)38-28(31-27)23-9-5-4-6-10-23/h4-11,17,20,24,26H,12-16,18-19H2,1-3H3,(H,33,34)/t24?,26-/m0/s1. The molecule has 0 aliphatic carbocycles. The average Bonchev–Trinajstić information content (AvgIpc) is 3.28. The summed E-state index contributed by atoms with van der Waals surface area (Å²) in [5.74, 6) is 0.781. The molecule has 2 aromatic carbocycles. The van der Waals surface area contributed by atoms with E-state index in [1.807, 2.05) is 75.4 Å². The lowest BCUT2D eigenvalue weighted by atomic mass is 9.81. The van der Waals surface area contributed by atoms with Gasteiger partial charge in [-0.1, -0.05) is 44.2 Å². The highest BCUT2D eigenvalue weighted by Crippen LogP contribution is 2.29. The highest BCUT2D eigenvalue weighted by Gasteiger charge is 2.36. The lowest BCUT2D eigenvalue weighted by Gasteiger charge is -2.36. The number of likely N-dealkylation sites (tertiary alicyclic amines) is 1. The fourth-order valence-corrected chi connectivity index (χ4v) is 4.75. The molecule has 2 heterocycles. The van der Waals surface area contributed by atoms with Gasteiger partial charge in [-0.25, -0.2) is 9.78 Å². The first kappa shape index (κ1) is 27.2. The predicted octanol–water partition coefficient (Wildman–Crippen LogP) is 5.63. The van der Waals surface area contributed by atoms with Crippen molar-refractivity contribution in [2.75, 3.05) is 26.3 Å². The van der Waals surface area contributed by atoms with E-state index in [4.69, 9.17) is 13.9 Å². The summed E-state index contributed by atoms with van der Waals surface area (Å²) < 4.78 is 17.2. The van der Waals surface area contributed by atoms with Gasteiger partial charge in [-0.2, -0.15) is 0 Å². The summed E-state index contributed by atoms with van der Waals surface area (Å²) in [5.41, 5.74) is 2.76. The normalized spacial score (nSPS) is 17.4. The lowest BCUT2D eigenvalue weighted by Crippen LogP contribution is -2.47. The fraction of sp³-hybridized carbons (Fsp3) is 0.433. The van der Waals surface area contributed by atoms with Gasteiger partial charge in [0.05, 0.1) is 24.8 Å². The molecule has 0 radical (unpaired) electrons. The molecular formula is C30H36N2O6. The van der Waals surface area contributed by atoms with E-state index < -0.39 is 11.9 Å². The van der Waals surface area contributed by atoms with Crippen LogP contribution >= 0.6 is 0 Å². The van der Waals surface area contributed by atoms with Crippen LogP contribution in [0.2, 0.25) is 0 Å². The first-order valence-electron chi connectivity index (χ1n) is 13.2. The number of oxazole rings is 1. The minimum atomic E-state index is -0.824. The second-order valence-electron chi connectivity index (χ2n) is 10.2. The van der Waals surface area contributed by atoms with Crippen molar-refractivity contribution in [2.45, 2.75) is 40.0 Å². The maximum atomic E-state index is 12.5. The van der Waals surface area contributed by atoms with Crippen molar-refractivity contribution in [3.8, 4) is 17.2 Å². The fourth-order valence-electron chi connectivity index (χ4n) is 4.75. The van der Waals surface area contributed by atoms with Gasteiger partial charge in [-0.15, -0.1) is 0 Å². The Morgan fingerprint density at radius 2 is 1.95 bits per heavy atom. The van der Waals surface area contributed by atoms with Crippen LogP contribution in [0.3, 0.4) is 0 Å². The maximum absolute atomic E-state index is 12.5. The van der Waals surface area contributed by atoms with Crippen LogP contribution in [0.5, 0.6) is 5.75 Å². The molecule has 38 heavy (non-hydrogen) atoms. The van der Waals surface area contributed by atoms with Crippen LogP contribution in [0.4, 0.5) is 4.79 Å². The minimum absolute atomic E-state index is 0.211. The molecule has 1 aromatic heterocycles. The van der Waals surface area contributed by atoms with E-state index in [-0.39, 0.29) is 17.9 Å². The number of piperidine rings is 1. The van der Waals surface area contributed by atoms with Gasteiger partial charge in [-0.3, -0.25) is 4.79 Å². The monoisotopic (exact) mass is 520 g/mol. The van der Waals surface area contributed by atoms with Gasteiger partial charge in [0.25, 0.3) is 0 Å². The summed E-state index contributed by atoms with van der Waals surface area (Å²) in [6.45, 7) is 7.40. The van der Waals surface area contributed by atoms with Crippen LogP contribution < -0.4 is 4.74 Å². The van der Waals surface area contributed by atoms with Crippen LogP contribution in [0, 0.1) is 24.7 Å². The molecule has 1 aliphatic heterocycles. The molecule has 8 heteroatoms. The number of carboxylic acids is 1. The molecule has 0 bridgehead atoms. The Balaban J connectivity index is 1.35. The number of rotatable bonds is 10. The summed E-state index contributed by atoms with van der Waals surface area (Å²) in [4.78, 5) is 30.7. The molecule has 1 amide bonds. The molecule has 3 aromatic rings. The summed E-state index contributed by atoms with van der Waals surface area (Å²) in [5, 5.41) is 9.79. The summed E-state index contributed by atoms with van der Waals surface area (Å²) in [7, 11) is 0. The summed E-state index contributed by atoms with van der Waals surface area (Å²) >= 11 is 0. The van der Waals surface area contributed by atoms with Gasteiger partial charge in [0.1, 0.15) is 11.5 Å². The Morgan fingerprint density at radius 3 is 2.68 bits per heavy atom. The maximum Gasteiger partial charge on any atom is 0.409 e. The number of amides is 1. The van der Waals surface area contributed by atoms with E-state index in [1.165, 1.54) is 0 Å². The van der Waals surface area contributed by atoms with Crippen LogP contribution in [-0.2, 0) is 22.4 Å². The molecule has 4 rings (SSSR count). The molecule has 1 saturated heterocycles. The molecule has 1 aliphatic rings. The number of aromatic nitrogens is 1. The largest absolute Gasteiger partial charge is 0.493 e. The van der Waals surface area contributed by atoms with Crippen LogP contribution in [0.1, 0.15) is 37.3 Å². The zero-order chi connectivity index (χ0) is 27.1. The Labute approximate surface area is 223 Å². The number of aliphatic carboxylic acids is 1. The molecule has 2 atom stereocenters. The Kier molecular flexibility index (Phi) is 9.05. The number of carbonyl (C=O) groups excluding carboxylic acids is 1. The number of carboxylic acid groups (broad SMARTS) is 1. The zero-order valence-electron chi connectivity index (χ0n) is 22.3. The quantitative estimate of drug-likeness (QED) is 0.370. The number of hydrogen-bond donors (Lipinski definition) is 1. The third kappa shape index (κ3) is 7.15. The highest BCUT2D eigenvalue weighted by atomic mass is 16.6. The molecule has 1 N–H and O–H groups in total. The van der Waals surface area contributed by atoms with Gasteiger partial charge in [-0.05, 0) is 61.4 Å². The van der Waals surface area contributed by atoms with Gasteiger partial charge in [0.2, 0.25) is 5.89 Å². The van der Waals surface area contributed by atoms with E-state index in [2.05, 4.69) is 4.98 Å². The van der Waals surface area contributed by atoms with Crippen molar-refractivity contribution in [1.29, 1.82) is 0 Å². The van der Waals surface area contributed by atoms with Crippen LogP contribution in [0.15, 0.2) is 59.0 Å². The highest BCUT2D eigenvalue weighted by molar-refractivity contribution is 5.72. The van der Waals surface area contributed by atoms with Crippen molar-refractivity contribution < 1.29 is 28.6 Å². The van der Waals surface area contributed by atoms with Crippen molar-refractivity contribution in [2.24, 2.45) is 17.8 Å². The van der Waals surface area contributed by atoms with E-state index in [0.717, 1.165) is 22.6 Å². The first-order chi connectivity index (χ1) is 18.3. The Bertz CT molecular complexity index is 1220. The van der Waals surface area contributed by atoms with E-state index >= 15 is 0 Å². The molecule has 0 saturated carbocycles. The van der Waals surface area contributed by atoms with Crippen LogP contribution in [-0.4, -0.2) is 53.4 Å². The average molecular weight is 521 g/mol. The first-order valence-corrected chi connectivity index (χ1v) is 13.2. The van der Waals surface area contributed by atoms with Crippen molar-refractivity contribution in [1.82, 2.24) is 9.88 Å². The summed E-state index contributed by atoms with van der Waals surface area (Å²) in [6.07, 6.45) is 1.17. The van der Waals surface area contributed by atoms with Crippen molar-refractivity contribution in [3.63, 3.8) is 0 Å². The number of benzene rings is 2. The van der Waals surface area contributed by atoms with Crippen LogP contribution in [0.25, 0.3) is 11.5 Å². The van der Waals surface area contributed by atoms with Gasteiger partial charge < -0.3 is 23.9 Å². The number of nitrogens with zero attached hydrogens (tertiary/aromatic N) is 2. The molecule has 1 unspecified atom stereocenters. The molecular weight excluding hydrogens is 484 g/mol. The topological polar surface area (TPSA) is 102 Å². The van der Waals surface area contributed by atoms with Gasteiger partial charge in [0, 0.05) is 25.1 Å². The Hall–Kier alpha value is -3.81. The molecule has 0 spiro atoms. The second-order valence-corrected chi connectivity index (χ2v) is 10.2. The third-order valence-corrected chi connectivity index (χ3v) is 6.77. The van der Waals surface area contributed by atoms with E-state index in [9.17, 15) is 14.7 Å². The molecule has 1 fully saturated rings. The van der Waals surface area contributed by atoms with Gasteiger partial charge in [0.15, 0.2) is 0 Å². The van der Waals surface area contributed by atoms with Crippen molar-refractivity contribution in [3.05, 3.63) is 71.6 Å². The lowest BCUT2D eigenvalue weighted by molar-refractivity contribution is -0.145. The smallest absolute Gasteiger partial charge is 0.409 e. The van der Waals surface area contributed by atoms with Crippen molar-refractivity contribution >= 4 is 12.1 Å². The summed E-state index contributed by atoms with van der Waals surface area (Å²) in [6, 6.07) is 17.5. The molecule has 202 valence electrons. The number of aryl methyl sites for hydroxylation is 1. The Morgan fingerprint density at radius 1 is 1.16 bits per heavy atom. The van der Waals surface area contributed by atoms with E-state index in [0.29, 0.717) is 57.2 Å². The minimum Gasteiger partial charge on any atom is -0.493 e. The second kappa shape index (κ2) is 12.6. The molecule has 8 nitrogen and oxygen atoms in total. The number of hydrogen-bond acceptors (Lipinski definition) is 6. The third-order valence-electron chi connectivity index (χ3n) is 6.77. The zero-order valence-corrected chi connectivity index (χ0v) is 22.3. The SMILES string of the molecule is Cc1oc(-c2ccccc2)nc1CCOc1cccc(CC2CN(C(=O)OCC(C)C)CC[C@@H]2C(=O)O)c1. The number of ether oxygens (including phenoxy) is 2. The number of carbonyl (C=O) groups is 2. The predicted molar refractivity (Wildman–Crippen MR) is 143 cm³/mol.